The number of hydrogen-bond donors (Lipinski definition) is 1. The molecule has 0 fully saturated rings. The normalized spacial score (nSPS) is 10.4. The van der Waals surface area contributed by atoms with Gasteiger partial charge in [0.1, 0.15) is 0 Å². The van der Waals surface area contributed by atoms with Gasteiger partial charge in [-0.15, -0.1) is 0 Å². The molecule has 0 spiro atoms. The molecule has 0 bridgehead atoms. The van der Waals surface area contributed by atoms with Crippen molar-refractivity contribution in [3.05, 3.63) is 50.2 Å². The average molecular weight is 355 g/mol. The molecule has 0 aliphatic rings. The van der Waals surface area contributed by atoms with Crippen molar-refractivity contribution in [1.29, 1.82) is 0 Å². The maximum Gasteiger partial charge on any atom is 0.257 e. The van der Waals surface area contributed by atoms with Gasteiger partial charge in [-0.25, -0.2) is 0 Å². The minimum Gasteiger partial charge on any atom is -0.321 e. The van der Waals surface area contributed by atoms with Gasteiger partial charge in [-0.2, -0.15) is 10.2 Å². The highest BCUT2D eigenvalue weighted by Gasteiger charge is 2.13. The van der Waals surface area contributed by atoms with Gasteiger partial charge in [0, 0.05) is 9.50 Å². The lowest BCUT2D eigenvalue weighted by atomic mass is 10.1. The quantitative estimate of drug-likeness (QED) is 0.884. The molecule has 6 heteroatoms. The number of rotatable bonds is 2. The number of amides is 1. The molecule has 1 aromatic heterocycles. The van der Waals surface area contributed by atoms with Crippen molar-refractivity contribution >= 4 is 39.1 Å². The molecular weight excluding hydrogens is 342 g/mol. The highest BCUT2D eigenvalue weighted by molar-refractivity contribution is 9.10. The fourth-order valence-electron chi connectivity index (χ4n) is 1.71. The number of nitrogens with one attached hydrogen (secondary N) is 1. The third-order valence-corrected chi connectivity index (χ3v) is 3.91. The molecule has 0 aliphatic heterocycles. The first-order chi connectivity index (χ1) is 9.38. The summed E-state index contributed by atoms with van der Waals surface area (Å²) in [5.41, 5.74) is 3.35. The van der Waals surface area contributed by atoms with Crippen molar-refractivity contribution in [3.63, 3.8) is 0 Å². The first kappa shape index (κ1) is 14.9. The Morgan fingerprint density at radius 3 is 2.60 bits per heavy atom. The largest absolute Gasteiger partial charge is 0.321 e. The molecule has 1 aromatic carbocycles. The zero-order chi connectivity index (χ0) is 14.9. The van der Waals surface area contributed by atoms with Crippen molar-refractivity contribution < 1.29 is 4.79 Å². The van der Waals surface area contributed by atoms with Gasteiger partial charge in [0.2, 0.25) is 0 Å². The van der Waals surface area contributed by atoms with Gasteiger partial charge in [-0.3, -0.25) is 4.79 Å². The van der Waals surface area contributed by atoms with Crippen molar-refractivity contribution in [1.82, 2.24) is 10.2 Å². The molecule has 0 saturated carbocycles. The van der Waals surface area contributed by atoms with Gasteiger partial charge in [-0.05, 0) is 60.5 Å². The Hall–Kier alpha value is -1.46. The Labute approximate surface area is 130 Å². The number of halogens is 2. The van der Waals surface area contributed by atoms with E-state index in [9.17, 15) is 4.79 Å². The maximum atomic E-state index is 12.3. The minimum atomic E-state index is -0.235. The van der Waals surface area contributed by atoms with Crippen LogP contribution in [0.2, 0.25) is 5.02 Å². The van der Waals surface area contributed by atoms with E-state index in [1.807, 2.05) is 13.0 Å². The number of carbonyl (C=O) groups is 1. The molecule has 1 amide bonds. The van der Waals surface area contributed by atoms with Gasteiger partial charge in [0.25, 0.3) is 5.91 Å². The number of hydrogen-bond acceptors (Lipinski definition) is 3. The van der Waals surface area contributed by atoms with E-state index in [4.69, 9.17) is 11.6 Å². The third kappa shape index (κ3) is 3.16. The molecule has 1 N–H and O–H groups in total. The minimum absolute atomic E-state index is 0.235. The number of nitrogens with zero attached hydrogens (tertiary/aromatic N) is 2. The highest BCUT2D eigenvalue weighted by atomic mass is 79.9. The summed E-state index contributed by atoms with van der Waals surface area (Å²) in [5.74, 6) is -0.235. The van der Waals surface area contributed by atoms with E-state index in [1.165, 1.54) is 0 Å². The van der Waals surface area contributed by atoms with E-state index < -0.39 is 0 Å². The summed E-state index contributed by atoms with van der Waals surface area (Å²) < 4.78 is 0.782. The lowest BCUT2D eigenvalue weighted by molar-refractivity contribution is 0.102. The molecule has 0 atom stereocenters. The Balaban J connectivity index is 2.32. The molecule has 0 unspecified atom stereocenters. The van der Waals surface area contributed by atoms with E-state index >= 15 is 0 Å². The van der Waals surface area contributed by atoms with Crippen LogP contribution in [-0.4, -0.2) is 16.1 Å². The van der Waals surface area contributed by atoms with E-state index in [-0.39, 0.29) is 5.91 Å². The molecule has 1 heterocycles. The van der Waals surface area contributed by atoms with Crippen LogP contribution in [0.15, 0.2) is 22.7 Å². The molecule has 4 nitrogen and oxygen atoms in total. The summed E-state index contributed by atoms with van der Waals surface area (Å²) in [5, 5.41) is 11.3. The molecule has 104 valence electrons. The van der Waals surface area contributed by atoms with Crippen LogP contribution in [0.5, 0.6) is 0 Å². The molecule has 0 aliphatic carbocycles. The summed E-state index contributed by atoms with van der Waals surface area (Å²) in [6.45, 7) is 5.44. The fraction of sp³-hybridized carbons (Fsp3) is 0.214. The van der Waals surface area contributed by atoms with E-state index in [0.29, 0.717) is 27.7 Å². The van der Waals surface area contributed by atoms with Crippen LogP contribution in [-0.2, 0) is 0 Å². The van der Waals surface area contributed by atoms with Crippen molar-refractivity contribution in [2.45, 2.75) is 20.8 Å². The summed E-state index contributed by atoms with van der Waals surface area (Å²) >= 11 is 9.49. The monoisotopic (exact) mass is 353 g/mol. The Kier molecular flexibility index (Phi) is 4.40. The van der Waals surface area contributed by atoms with Crippen LogP contribution in [0.25, 0.3) is 0 Å². The second-order valence-corrected chi connectivity index (χ2v) is 5.78. The first-order valence-electron chi connectivity index (χ1n) is 5.96. The van der Waals surface area contributed by atoms with Crippen LogP contribution in [0.3, 0.4) is 0 Å². The van der Waals surface area contributed by atoms with Gasteiger partial charge >= 0.3 is 0 Å². The standard InChI is InChI=1S/C14H13BrClN3O/c1-7-4-11(15)13(6-12(7)16)17-14(20)10-5-8(2)18-19-9(10)3/h4-6H,1-3H3,(H,17,20). The fourth-order valence-corrected chi connectivity index (χ4v) is 2.43. The summed E-state index contributed by atoms with van der Waals surface area (Å²) in [6, 6.07) is 5.29. The maximum absolute atomic E-state index is 12.3. The van der Waals surface area contributed by atoms with Crippen LogP contribution >= 0.6 is 27.5 Å². The van der Waals surface area contributed by atoms with Crippen molar-refractivity contribution in [2.24, 2.45) is 0 Å². The van der Waals surface area contributed by atoms with Crippen molar-refractivity contribution in [3.8, 4) is 0 Å². The van der Waals surface area contributed by atoms with Crippen LogP contribution < -0.4 is 5.32 Å². The van der Waals surface area contributed by atoms with Gasteiger partial charge < -0.3 is 5.32 Å². The second-order valence-electron chi connectivity index (χ2n) is 4.52. The highest BCUT2D eigenvalue weighted by Crippen LogP contribution is 2.29. The number of aryl methyl sites for hydroxylation is 3. The molecule has 0 saturated heterocycles. The average Bonchev–Trinajstić information content (AvgIpc) is 2.38. The molecule has 0 radical (unpaired) electrons. The molecule has 20 heavy (non-hydrogen) atoms. The van der Waals surface area contributed by atoms with Crippen LogP contribution in [0.4, 0.5) is 5.69 Å². The van der Waals surface area contributed by atoms with E-state index in [0.717, 1.165) is 10.0 Å². The van der Waals surface area contributed by atoms with E-state index in [1.54, 1.807) is 26.0 Å². The predicted molar refractivity (Wildman–Crippen MR) is 83.3 cm³/mol. The predicted octanol–water partition coefficient (Wildman–Crippen LogP) is 4.07. The van der Waals surface area contributed by atoms with E-state index in [2.05, 4.69) is 31.4 Å². The van der Waals surface area contributed by atoms with Crippen LogP contribution in [0, 0.1) is 20.8 Å². The number of benzene rings is 1. The Bertz CT molecular complexity index is 688. The van der Waals surface area contributed by atoms with Gasteiger partial charge in [0.05, 0.1) is 22.6 Å². The topological polar surface area (TPSA) is 54.9 Å². The zero-order valence-corrected chi connectivity index (χ0v) is 13.6. The first-order valence-corrected chi connectivity index (χ1v) is 7.13. The smallest absolute Gasteiger partial charge is 0.257 e. The Morgan fingerprint density at radius 2 is 1.90 bits per heavy atom. The number of carbonyl (C=O) groups excluding carboxylic acids is 1. The van der Waals surface area contributed by atoms with Crippen LogP contribution in [0.1, 0.15) is 27.3 Å². The third-order valence-electron chi connectivity index (χ3n) is 2.84. The lowest BCUT2D eigenvalue weighted by Gasteiger charge is -2.10. The summed E-state index contributed by atoms with van der Waals surface area (Å²) in [7, 11) is 0. The molecular formula is C14H13BrClN3O. The van der Waals surface area contributed by atoms with Gasteiger partial charge in [-0.1, -0.05) is 11.6 Å². The second kappa shape index (κ2) is 5.89. The van der Waals surface area contributed by atoms with Crippen molar-refractivity contribution in [2.75, 3.05) is 5.32 Å². The zero-order valence-electron chi connectivity index (χ0n) is 11.3. The number of anilines is 1. The SMILES string of the molecule is Cc1cc(C(=O)Nc2cc(Cl)c(C)cc2Br)c(C)nn1. The molecule has 2 rings (SSSR count). The lowest BCUT2D eigenvalue weighted by Crippen LogP contribution is -2.15. The number of aromatic nitrogens is 2. The molecule has 2 aromatic rings. The van der Waals surface area contributed by atoms with Gasteiger partial charge in [0.15, 0.2) is 0 Å². The Morgan fingerprint density at radius 1 is 1.20 bits per heavy atom. The summed E-state index contributed by atoms with van der Waals surface area (Å²) in [4.78, 5) is 12.3. The summed E-state index contributed by atoms with van der Waals surface area (Å²) in [6.07, 6.45) is 0.